The Balaban J connectivity index is 1.97. The molecule has 0 aliphatic carbocycles. The summed E-state index contributed by atoms with van der Waals surface area (Å²) in [5.41, 5.74) is 0. The van der Waals surface area contributed by atoms with Gasteiger partial charge in [-0.25, -0.2) is 0 Å². The number of rotatable bonds is 1. The van der Waals surface area contributed by atoms with Gasteiger partial charge in [0.25, 0.3) is 0 Å². The highest BCUT2D eigenvalue weighted by molar-refractivity contribution is 8.07. The lowest BCUT2D eigenvalue weighted by atomic mass is 15.9. The van der Waals surface area contributed by atoms with E-state index in [1.54, 1.807) is 0 Å². The second-order valence-corrected chi connectivity index (χ2v) is 2.32. The van der Waals surface area contributed by atoms with E-state index in [-0.39, 0.29) is 0 Å². The molecule has 0 saturated heterocycles. The molecule has 0 unspecified atom stereocenters. The second-order valence-electron chi connectivity index (χ2n) is 0.258. The summed E-state index contributed by atoms with van der Waals surface area (Å²) >= 11 is 7.17. The summed E-state index contributed by atoms with van der Waals surface area (Å²) in [7, 11) is -0.517. The van der Waals surface area contributed by atoms with Gasteiger partial charge in [0, 0.05) is 0 Å². The van der Waals surface area contributed by atoms with E-state index in [0.717, 1.165) is 0 Å². The molecule has 26 valence electrons. The summed E-state index contributed by atoms with van der Waals surface area (Å²) in [5.74, 6) is 0. The predicted molar refractivity (Wildman–Crippen MR) is 27.6 cm³/mol. The average Bonchev–Trinajstić information content (AvgIpc) is 1.37. The zero-order valence-corrected chi connectivity index (χ0v) is 5.21. The van der Waals surface area contributed by atoms with Gasteiger partial charge in [-0.05, 0) is 12.9 Å². The summed E-state index contributed by atoms with van der Waals surface area (Å²) in [6.45, 7) is 0. The first-order valence-corrected chi connectivity index (χ1v) is 4.26. The first-order valence-electron chi connectivity index (χ1n) is 0.787. The molecule has 4 heteroatoms. The molecule has 0 aromatic rings. The van der Waals surface area contributed by atoms with Crippen LogP contribution in [0.15, 0.2) is 0 Å². The molecule has 0 atom stereocenters. The van der Waals surface area contributed by atoms with Gasteiger partial charge >= 0.3 is 0 Å². The molecule has 0 heterocycles. The Morgan fingerprint density at radius 1 is 1.75 bits per heavy atom. The van der Waals surface area contributed by atoms with Crippen LogP contribution in [0.2, 0.25) is 0 Å². The van der Waals surface area contributed by atoms with Crippen LogP contribution in [0.5, 0.6) is 0 Å². The largest absolute Gasteiger partial charge is 0.355 e. The molecule has 0 aromatic heterocycles. The van der Waals surface area contributed by atoms with Gasteiger partial charge in [-0.3, -0.25) is 0 Å². The van der Waals surface area contributed by atoms with Crippen LogP contribution in [0.25, 0.3) is 0 Å². The van der Waals surface area contributed by atoms with Crippen LogP contribution in [0.4, 0.5) is 0 Å². The molecule has 0 rings (SSSR count). The smallest absolute Gasteiger partial charge is 0.236 e. The van der Waals surface area contributed by atoms with Crippen molar-refractivity contribution in [1.29, 1.82) is 0 Å². The van der Waals surface area contributed by atoms with E-state index in [0.29, 0.717) is 0 Å². The third-order valence-electron chi connectivity index (χ3n) is 0.0577. The van der Waals surface area contributed by atoms with Crippen molar-refractivity contribution in [3.8, 4) is 0 Å². The van der Waals surface area contributed by atoms with Crippen LogP contribution in [0.3, 0.4) is 0 Å². The number of hydrogen-bond donors (Lipinski definition) is 2. The van der Waals surface area contributed by atoms with Crippen LogP contribution in [-0.2, 0) is 3.87 Å². The maximum absolute atomic E-state index is 4.24. The molecule has 1 nitrogen and oxygen atoms in total. The van der Waals surface area contributed by atoms with Gasteiger partial charge in [-0.2, -0.15) is 12.1 Å². The number of thiol groups is 2. The highest BCUT2D eigenvalue weighted by atomic mass is 32.3. The van der Waals surface area contributed by atoms with Crippen molar-refractivity contribution >= 4 is 33.9 Å². The van der Waals surface area contributed by atoms with Crippen LogP contribution in [0.1, 0.15) is 0 Å². The van der Waals surface area contributed by atoms with E-state index in [1.807, 2.05) is 0 Å². The lowest BCUT2D eigenvalue weighted by Gasteiger charge is -1.72. The lowest BCUT2D eigenvalue weighted by Crippen LogP contribution is -1.67. The van der Waals surface area contributed by atoms with Gasteiger partial charge in [0.1, 0.15) is 0 Å². The summed E-state index contributed by atoms with van der Waals surface area (Å²) in [6, 6.07) is 0. The van der Waals surface area contributed by atoms with Gasteiger partial charge in [0.2, 0.25) is 8.91 Å². The van der Waals surface area contributed by atoms with Crippen molar-refractivity contribution < 1.29 is 3.87 Å². The molecule has 4 heavy (non-hydrogen) atoms. The fourth-order valence-corrected chi connectivity index (χ4v) is 0. The SMILES string of the molecule is SO[SiH2]S. The molecule has 0 fully saturated rings. The van der Waals surface area contributed by atoms with E-state index < -0.39 is 8.91 Å². The van der Waals surface area contributed by atoms with Crippen LogP contribution >= 0.6 is 25.0 Å². The third kappa shape index (κ3) is 2.88. The molecule has 0 bridgehead atoms. The van der Waals surface area contributed by atoms with Gasteiger partial charge in [-0.1, -0.05) is 0 Å². The van der Waals surface area contributed by atoms with Crippen molar-refractivity contribution in [2.24, 2.45) is 0 Å². The first-order chi connectivity index (χ1) is 1.91. The van der Waals surface area contributed by atoms with Gasteiger partial charge in [0.15, 0.2) is 0 Å². The Hall–Kier alpha value is 0.877. The molecule has 0 radical (unpaired) electrons. The van der Waals surface area contributed by atoms with Gasteiger partial charge in [-0.15, -0.1) is 0 Å². The Morgan fingerprint density at radius 3 is 2.00 bits per heavy atom. The molecular weight excluding hydrogens is 108 g/mol. The minimum Gasteiger partial charge on any atom is -0.355 e. The average molecular weight is 112 g/mol. The van der Waals surface area contributed by atoms with Crippen LogP contribution in [-0.4, -0.2) is 8.91 Å². The van der Waals surface area contributed by atoms with Crippen LogP contribution < -0.4 is 0 Å². The summed E-state index contributed by atoms with van der Waals surface area (Å²) in [6.07, 6.45) is 0. The van der Waals surface area contributed by atoms with E-state index in [9.17, 15) is 0 Å². The molecule has 0 spiro atoms. The maximum atomic E-state index is 4.24. The fraction of sp³-hybridized carbons (Fsp3) is 0. The first kappa shape index (κ1) is 4.88. The Labute approximate surface area is 38.3 Å². The monoisotopic (exact) mass is 112 g/mol. The molecular formula is H4OS2Si. The number of hydrogen-bond acceptors (Lipinski definition) is 3. The van der Waals surface area contributed by atoms with Crippen molar-refractivity contribution in [1.82, 2.24) is 0 Å². The molecule has 0 saturated carbocycles. The van der Waals surface area contributed by atoms with E-state index >= 15 is 0 Å². The standard InChI is InChI=1S/H4OS2Si/c2-1-4-3/h2-3H,4H2. The van der Waals surface area contributed by atoms with Gasteiger partial charge in [0.05, 0.1) is 0 Å². The van der Waals surface area contributed by atoms with E-state index in [4.69, 9.17) is 0 Å². The zero-order chi connectivity index (χ0) is 3.41. The summed E-state index contributed by atoms with van der Waals surface area (Å²) < 4.78 is 4.24. The van der Waals surface area contributed by atoms with Crippen molar-refractivity contribution in [2.75, 3.05) is 0 Å². The fourth-order valence-electron chi connectivity index (χ4n) is 0. The molecule has 0 aliphatic rings. The second kappa shape index (κ2) is 3.88. The van der Waals surface area contributed by atoms with Crippen molar-refractivity contribution in [2.45, 2.75) is 0 Å². The Bertz CT molecular complexity index is 8.00. The zero-order valence-electron chi connectivity index (χ0n) is 2.01. The highest BCUT2D eigenvalue weighted by Gasteiger charge is 1.57. The minimum atomic E-state index is -0.517. The predicted octanol–water partition coefficient (Wildman–Crippen LogP) is -0.224. The lowest BCUT2D eigenvalue weighted by molar-refractivity contribution is 0.734. The normalized spacial score (nSPS) is 10.5. The quantitative estimate of drug-likeness (QED) is 0.271. The van der Waals surface area contributed by atoms with Crippen molar-refractivity contribution in [3.63, 3.8) is 0 Å². The summed E-state index contributed by atoms with van der Waals surface area (Å²) in [5, 5.41) is 0. The Morgan fingerprint density at radius 2 is 2.00 bits per heavy atom. The third-order valence-corrected chi connectivity index (χ3v) is 1.56. The molecule has 0 aromatic carbocycles. The minimum absolute atomic E-state index is 0.517. The van der Waals surface area contributed by atoms with E-state index in [1.165, 1.54) is 0 Å². The highest BCUT2D eigenvalue weighted by Crippen LogP contribution is 1.72. The van der Waals surface area contributed by atoms with Gasteiger partial charge < -0.3 is 3.87 Å². The Kier molecular flexibility index (Phi) is 4.73. The van der Waals surface area contributed by atoms with Crippen LogP contribution in [0, 0.1) is 0 Å². The molecule has 0 N–H and O–H groups in total. The molecule has 0 aliphatic heterocycles. The molecule has 0 amide bonds. The summed E-state index contributed by atoms with van der Waals surface area (Å²) in [4.78, 5) is 0. The van der Waals surface area contributed by atoms with E-state index in [2.05, 4.69) is 28.9 Å². The van der Waals surface area contributed by atoms with Crippen molar-refractivity contribution in [3.05, 3.63) is 0 Å². The maximum Gasteiger partial charge on any atom is 0.236 e. The topological polar surface area (TPSA) is 9.23 Å².